The van der Waals surface area contributed by atoms with E-state index < -0.39 is 20.0 Å². The fraction of sp³-hybridized carbons (Fsp3) is 0.877. The Kier molecular flexibility index (Phi) is 47.8. The molecule has 0 aromatic carbocycles. The molecule has 0 heterocycles. The molecule has 0 saturated heterocycles. The zero-order valence-electron chi connectivity index (χ0n) is 44.4. The van der Waals surface area contributed by atoms with E-state index in [1.807, 2.05) is 21.1 Å². The Morgan fingerprint density at radius 2 is 0.879 bits per heavy atom. The summed E-state index contributed by atoms with van der Waals surface area (Å²) in [5.41, 5.74) is 0. The van der Waals surface area contributed by atoms with E-state index in [-0.39, 0.29) is 19.1 Å². The van der Waals surface area contributed by atoms with Crippen molar-refractivity contribution in [3.63, 3.8) is 0 Å². The maximum atomic E-state index is 12.7. The third kappa shape index (κ3) is 50.6. The number of quaternary nitrogens is 1. The van der Waals surface area contributed by atoms with E-state index in [0.29, 0.717) is 23.9 Å². The van der Waals surface area contributed by atoms with Crippen molar-refractivity contribution in [1.29, 1.82) is 0 Å². The predicted molar refractivity (Wildman–Crippen MR) is 284 cm³/mol. The average Bonchev–Trinajstić information content (AvgIpc) is 3.27. The van der Waals surface area contributed by atoms with Gasteiger partial charge in [0.15, 0.2) is 0 Å². The first-order chi connectivity index (χ1) is 32.0. The first-order valence-electron chi connectivity index (χ1n) is 28.3. The van der Waals surface area contributed by atoms with Crippen LogP contribution in [0.1, 0.15) is 271 Å². The van der Waals surface area contributed by atoms with Crippen LogP contribution < -0.4 is 10.2 Å². The van der Waals surface area contributed by atoms with Gasteiger partial charge >= 0.3 is 0 Å². The Labute approximate surface area is 410 Å². The van der Waals surface area contributed by atoms with Crippen LogP contribution >= 0.6 is 7.82 Å². The van der Waals surface area contributed by atoms with Crippen LogP contribution in [-0.4, -0.2) is 68.5 Å². The normalized spacial score (nSPS) is 14.2. The van der Waals surface area contributed by atoms with Crippen LogP contribution in [0.3, 0.4) is 0 Å². The number of nitrogens with zero attached hydrogens (tertiary/aromatic N) is 1. The molecule has 0 rings (SSSR count). The van der Waals surface area contributed by atoms with Crippen LogP contribution in [0.5, 0.6) is 0 Å². The number of aliphatic hydroxyl groups is 1. The van der Waals surface area contributed by atoms with Crippen molar-refractivity contribution in [2.24, 2.45) is 0 Å². The van der Waals surface area contributed by atoms with E-state index in [1.54, 1.807) is 0 Å². The molecule has 0 bridgehead atoms. The van der Waals surface area contributed by atoms with Gasteiger partial charge in [0.25, 0.3) is 7.82 Å². The number of hydrogen-bond acceptors (Lipinski definition) is 6. The number of unbranched alkanes of at least 4 members (excludes halogenated alkanes) is 33. The minimum absolute atomic E-state index is 0.0122. The van der Waals surface area contributed by atoms with Crippen LogP contribution in [0.4, 0.5) is 0 Å². The first kappa shape index (κ1) is 64.7. The zero-order chi connectivity index (χ0) is 48.5. The predicted octanol–water partition coefficient (Wildman–Crippen LogP) is 16.4. The summed E-state index contributed by atoms with van der Waals surface area (Å²) in [6, 6.07) is -0.793. The smallest absolute Gasteiger partial charge is 0.268 e. The molecule has 0 spiro atoms. The Morgan fingerprint density at radius 1 is 0.530 bits per heavy atom. The molecule has 390 valence electrons. The van der Waals surface area contributed by atoms with E-state index >= 15 is 0 Å². The second-order valence-electron chi connectivity index (χ2n) is 20.6. The second-order valence-corrected chi connectivity index (χ2v) is 22.1. The number of amides is 1. The molecule has 0 aliphatic carbocycles. The lowest BCUT2D eigenvalue weighted by molar-refractivity contribution is -0.870. The summed E-state index contributed by atoms with van der Waals surface area (Å²) >= 11 is 0. The summed E-state index contributed by atoms with van der Waals surface area (Å²) in [5.74, 6) is -0.173. The van der Waals surface area contributed by atoms with Gasteiger partial charge in [-0.05, 0) is 51.4 Å². The Bertz CT molecular complexity index is 1170. The lowest BCUT2D eigenvalue weighted by Gasteiger charge is -2.30. The van der Waals surface area contributed by atoms with Gasteiger partial charge in [-0.1, -0.05) is 249 Å². The number of nitrogens with one attached hydrogen (secondary N) is 1. The van der Waals surface area contributed by atoms with Gasteiger partial charge in [-0.25, -0.2) is 0 Å². The Morgan fingerprint density at radius 3 is 1.27 bits per heavy atom. The highest BCUT2D eigenvalue weighted by Crippen LogP contribution is 2.38. The van der Waals surface area contributed by atoms with Crippen molar-refractivity contribution in [3.8, 4) is 0 Å². The summed E-state index contributed by atoms with van der Waals surface area (Å²) in [6.45, 7) is 4.55. The fourth-order valence-corrected chi connectivity index (χ4v) is 9.12. The van der Waals surface area contributed by atoms with E-state index in [9.17, 15) is 19.4 Å². The topological polar surface area (TPSA) is 108 Å². The van der Waals surface area contributed by atoms with Crippen LogP contribution in [0.15, 0.2) is 36.5 Å². The van der Waals surface area contributed by atoms with Crippen molar-refractivity contribution in [2.45, 2.75) is 283 Å². The van der Waals surface area contributed by atoms with Gasteiger partial charge in [0.1, 0.15) is 13.2 Å². The summed E-state index contributed by atoms with van der Waals surface area (Å²) in [7, 11) is 1.31. The van der Waals surface area contributed by atoms with E-state index in [1.165, 1.54) is 193 Å². The van der Waals surface area contributed by atoms with Crippen LogP contribution in [0.2, 0.25) is 0 Å². The van der Waals surface area contributed by atoms with Crippen molar-refractivity contribution >= 4 is 13.7 Å². The standard InChI is InChI=1S/C57H111N2O6P/c1-6-8-10-11-12-13-14-15-16-17-18-19-20-21-22-23-24-25-26-27-28-29-30-31-32-33-34-35-36-37-38-39-40-41-42-43-44-45-46-47-49-51-57(61)58-55(56(60)50-48-9-7-2)54-65-66(62,63)64-53-52-59(3,4)5/h14-15,17-18,20-21,55-56,60H,6-13,16,19,22-54H2,1-5H3,(H-,58,61,62,63)/b15-14-,18-17-,21-20-. The van der Waals surface area contributed by atoms with Crippen molar-refractivity contribution < 1.29 is 32.9 Å². The molecule has 0 fully saturated rings. The van der Waals surface area contributed by atoms with Crippen LogP contribution in [0.25, 0.3) is 0 Å². The summed E-state index contributed by atoms with van der Waals surface area (Å²) < 4.78 is 23.0. The number of likely N-dealkylation sites (N-methyl/N-ethyl adjacent to an activating group) is 1. The van der Waals surface area contributed by atoms with E-state index in [4.69, 9.17) is 9.05 Å². The number of hydrogen-bond donors (Lipinski definition) is 2. The van der Waals surface area contributed by atoms with Crippen LogP contribution in [-0.2, 0) is 18.4 Å². The molecule has 0 aromatic rings. The molecule has 0 aliphatic rings. The Hall–Kier alpha value is -1.28. The van der Waals surface area contributed by atoms with Crippen molar-refractivity contribution in [2.75, 3.05) is 40.9 Å². The van der Waals surface area contributed by atoms with E-state index in [0.717, 1.165) is 51.4 Å². The minimum Gasteiger partial charge on any atom is -0.756 e. The molecule has 66 heavy (non-hydrogen) atoms. The third-order valence-corrected chi connectivity index (χ3v) is 13.8. The van der Waals surface area contributed by atoms with Gasteiger partial charge in [0.05, 0.1) is 39.9 Å². The number of carbonyl (C=O) groups excluding carboxylic acids is 1. The van der Waals surface area contributed by atoms with Gasteiger partial charge in [-0.3, -0.25) is 9.36 Å². The quantitative estimate of drug-likeness (QED) is 0.0272. The molecule has 3 atom stereocenters. The van der Waals surface area contributed by atoms with Gasteiger partial charge in [0, 0.05) is 6.42 Å². The molecular weight excluding hydrogens is 840 g/mol. The summed E-state index contributed by atoms with van der Waals surface area (Å²) in [6.07, 6.45) is 63.1. The molecule has 0 saturated carbocycles. The van der Waals surface area contributed by atoms with Gasteiger partial charge in [0.2, 0.25) is 5.91 Å². The van der Waals surface area contributed by atoms with E-state index in [2.05, 4.69) is 55.6 Å². The lowest BCUT2D eigenvalue weighted by Crippen LogP contribution is -2.46. The molecule has 0 aliphatic heterocycles. The summed E-state index contributed by atoms with van der Waals surface area (Å²) in [4.78, 5) is 25.0. The maximum absolute atomic E-state index is 12.7. The SMILES string of the molecule is CCCCCCC/C=C\C/C=C\C/C=C\CCCCCCCCCCCCCCCCCCCCCCCCCCCCC(=O)NC(COP(=O)([O-])OCC[N+](C)(C)C)C(O)CCCCC. The van der Waals surface area contributed by atoms with Crippen LogP contribution in [0, 0.1) is 0 Å². The highest BCUT2D eigenvalue weighted by Gasteiger charge is 2.24. The largest absolute Gasteiger partial charge is 0.756 e. The number of aliphatic hydroxyl groups excluding tert-OH is 1. The lowest BCUT2D eigenvalue weighted by atomic mass is 10.0. The molecule has 1 amide bonds. The molecule has 2 N–H and O–H groups in total. The number of phosphoric ester groups is 1. The maximum Gasteiger partial charge on any atom is 0.268 e. The molecule has 3 unspecified atom stereocenters. The number of phosphoric acid groups is 1. The number of carbonyl (C=O) groups is 1. The first-order valence-corrected chi connectivity index (χ1v) is 29.8. The molecule has 0 aromatic heterocycles. The second kappa shape index (κ2) is 48.7. The third-order valence-electron chi connectivity index (χ3n) is 12.9. The zero-order valence-corrected chi connectivity index (χ0v) is 45.3. The monoisotopic (exact) mass is 951 g/mol. The molecule has 9 heteroatoms. The van der Waals surface area contributed by atoms with Crippen molar-refractivity contribution in [3.05, 3.63) is 36.5 Å². The molecule has 8 nitrogen and oxygen atoms in total. The van der Waals surface area contributed by atoms with Gasteiger partial charge in [-0.15, -0.1) is 0 Å². The fourth-order valence-electron chi connectivity index (χ4n) is 8.40. The minimum atomic E-state index is -4.54. The average molecular weight is 951 g/mol. The highest BCUT2D eigenvalue weighted by atomic mass is 31.2. The Balaban J connectivity index is 3.58. The number of allylic oxidation sites excluding steroid dienone is 6. The van der Waals surface area contributed by atoms with Gasteiger partial charge in [-0.2, -0.15) is 0 Å². The highest BCUT2D eigenvalue weighted by molar-refractivity contribution is 7.45. The number of rotatable bonds is 52. The van der Waals surface area contributed by atoms with Gasteiger partial charge < -0.3 is 28.8 Å². The molecule has 0 radical (unpaired) electrons. The summed E-state index contributed by atoms with van der Waals surface area (Å²) in [5, 5.41) is 13.6. The molecular formula is C57H111N2O6P. The van der Waals surface area contributed by atoms with Crippen molar-refractivity contribution in [1.82, 2.24) is 5.32 Å².